The molecule has 6 nitrogen and oxygen atoms in total. The molecule has 0 saturated heterocycles. The van der Waals surface area contributed by atoms with Crippen molar-refractivity contribution in [2.24, 2.45) is 0 Å². The van der Waals surface area contributed by atoms with Crippen molar-refractivity contribution in [3.05, 3.63) is 84.4 Å². The first-order valence-corrected chi connectivity index (χ1v) is 10.2. The summed E-state index contributed by atoms with van der Waals surface area (Å²) in [5.41, 5.74) is 1.38. The van der Waals surface area contributed by atoms with Crippen molar-refractivity contribution in [2.45, 2.75) is 11.8 Å². The molecule has 1 amide bonds. The second kappa shape index (κ2) is 8.58. The minimum atomic E-state index is -3.82. The number of rotatable bonds is 7. The van der Waals surface area contributed by atoms with Crippen molar-refractivity contribution in [1.29, 1.82) is 0 Å². The molecular weight excluding hydrogens is 376 g/mol. The Morgan fingerprint density at radius 2 is 1.54 bits per heavy atom. The number of benzene rings is 3. The Labute approximate surface area is 164 Å². The predicted molar refractivity (Wildman–Crippen MR) is 109 cm³/mol. The van der Waals surface area contributed by atoms with E-state index in [1.807, 2.05) is 25.1 Å². The highest BCUT2D eigenvalue weighted by Gasteiger charge is 2.17. The quantitative estimate of drug-likeness (QED) is 0.629. The summed E-state index contributed by atoms with van der Waals surface area (Å²) >= 11 is 0. The van der Waals surface area contributed by atoms with E-state index in [0.29, 0.717) is 29.3 Å². The number of ether oxygens (including phenoxy) is 1. The molecule has 0 aliphatic heterocycles. The van der Waals surface area contributed by atoms with Crippen LogP contribution in [0.5, 0.6) is 5.75 Å². The number of hydrogen-bond donors (Lipinski definition) is 2. The number of anilines is 2. The molecule has 3 aromatic carbocycles. The molecule has 0 aliphatic carbocycles. The van der Waals surface area contributed by atoms with E-state index in [1.165, 1.54) is 24.3 Å². The molecule has 0 atom stereocenters. The maximum absolute atomic E-state index is 12.7. The van der Waals surface area contributed by atoms with Gasteiger partial charge in [-0.15, -0.1) is 0 Å². The summed E-state index contributed by atoms with van der Waals surface area (Å²) in [5.74, 6) is 0.136. The summed E-state index contributed by atoms with van der Waals surface area (Å²) in [6.45, 7) is 2.24. The molecular formula is C21H20N2O4S. The zero-order valence-electron chi connectivity index (χ0n) is 15.3. The Morgan fingerprint density at radius 1 is 0.893 bits per heavy atom. The van der Waals surface area contributed by atoms with Crippen molar-refractivity contribution < 1.29 is 17.9 Å². The molecule has 0 fully saturated rings. The van der Waals surface area contributed by atoms with Gasteiger partial charge >= 0.3 is 0 Å². The summed E-state index contributed by atoms with van der Waals surface area (Å²) in [6.07, 6.45) is 0. The van der Waals surface area contributed by atoms with Crippen molar-refractivity contribution >= 4 is 27.3 Å². The fourth-order valence-corrected chi connectivity index (χ4v) is 3.62. The number of amides is 1. The average molecular weight is 396 g/mol. The largest absolute Gasteiger partial charge is 0.492 e. The number of carbonyl (C=O) groups is 1. The highest BCUT2D eigenvalue weighted by molar-refractivity contribution is 7.92. The fraction of sp³-hybridized carbons (Fsp3) is 0.0952. The first kappa shape index (κ1) is 19.4. The lowest BCUT2D eigenvalue weighted by molar-refractivity contribution is 0.102. The maximum Gasteiger partial charge on any atom is 0.262 e. The third-order valence-corrected chi connectivity index (χ3v) is 5.27. The Morgan fingerprint density at radius 3 is 2.21 bits per heavy atom. The average Bonchev–Trinajstić information content (AvgIpc) is 2.70. The van der Waals surface area contributed by atoms with Gasteiger partial charge in [-0.3, -0.25) is 9.52 Å². The normalized spacial score (nSPS) is 10.9. The summed E-state index contributed by atoms with van der Waals surface area (Å²) in [5, 5.41) is 2.76. The van der Waals surface area contributed by atoms with Gasteiger partial charge in [0, 0.05) is 11.3 Å². The van der Waals surface area contributed by atoms with Crippen molar-refractivity contribution in [1.82, 2.24) is 0 Å². The van der Waals surface area contributed by atoms with Gasteiger partial charge in [0.15, 0.2) is 0 Å². The zero-order chi connectivity index (χ0) is 20.0. The highest BCUT2D eigenvalue weighted by Crippen LogP contribution is 2.26. The van der Waals surface area contributed by atoms with Gasteiger partial charge in [0.2, 0.25) is 0 Å². The Bertz CT molecular complexity index is 1050. The van der Waals surface area contributed by atoms with Crippen molar-refractivity contribution in [2.75, 3.05) is 16.6 Å². The first-order valence-electron chi connectivity index (χ1n) is 8.71. The van der Waals surface area contributed by atoms with Crippen LogP contribution in [0.25, 0.3) is 0 Å². The Hall–Kier alpha value is -3.32. The zero-order valence-corrected chi connectivity index (χ0v) is 16.1. The van der Waals surface area contributed by atoms with Gasteiger partial charge in [0.25, 0.3) is 15.9 Å². The molecule has 0 bridgehead atoms. The third-order valence-electron chi connectivity index (χ3n) is 3.89. The fourth-order valence-electron chi connectivity index (χ4n) is 2.55. The van der Waals surface area contributed by atoms with Gasteiger partial charge in [-0.25, -0.2) is 8.42 Å². The molecule has 0 spiro atoms. The monoisotopic (exact) mass is 396 g/mol. The van der Waals surface area contributed by atoms with E-state index in [0.717, 1.165) is 0 Å². The third kappa shape index (κ3) is 4.69. The van der Waals surface area contributed by atoms with Crippen LogP contribution in [0.15, 0.2) is 83.8 Å². The van der Waals surface area contributed by atoms with Crippen LogP contribution in [-0.4, -0.2) is 20.9 Å². The smallest absolute Gasteiger partial charge is 0.262 e. The summed E-state index contributed by atoms with van der Waals surface area (Å²) in [7, 11) is -3.82. The van der Waals surface area contributed by atoms with Crippen LogP contribution >= 0.6 is 0 Å². The van der Waals surface area contributed by atoms with E-state index in [4.69, 9.17) is 4.74 Å². The van der Waals surface area contributed by atoms with Crippen LogP contribution in [0.4, 0.5) is 11.4 Å². The first-order chi connectivity index (χ1) is 13.5. The molecule has 0 saturated carbocycles. The molecule has 0 unspecified atom stereocenters. The van der Waals surface area contributed by atoms with Crippen molar-refractivity contribution in [3.8, 4) is 5.75 Å². The summed E-state index contributed by atoms with van der Waals surface area (Å²) in [4.78, 5) is 12.3. The van der Waals surface area contributed by atoms with E-state index < -0.39 is 10.0 Å². The van der Waals surface area contributed by atoms with Gasteiger partial charge < -0.3 is 10.1 Å². The molecule has 3 rings (SSSR count). The summed E-state index contributed by atoms with van der Waals surface area (Å²) in [6, 6.07) is 21.6. The van der Waals surface area contributed by atoms with Crippen LogP contribution < -0.4 is 14.8 Å². The topological polar surface area (TPSA) is 84.5 Å². The number of para-hydroxylation sites is 3. The lowest BCUT2D eigenvalue weighted by Crippen LogP contribution is -2.15. The van der Waals surface area contributed by atoms with E-state index in [9.17, 15) is 13.2 Å². The Kier molecular flexibility index (Phi) is 5.96. The van der Waals surface area contributed by atoms with E-state index in [1.54, 1.807) is 36.4 Å². The van der Waals surface area contributed by atoms with Crippen molar-refractivity contribution in [3.63, 3.8) is 0 Å². The second-order valence-electron chi connectivity index (χ2n) is 5.88. The molecule has 144 valence electrons. The van der Waals surface area contributed by atoms with Gasteiger partial charge in [0.05, 0.1) is 17.2 Å². The van der Waals surface area contributed by atoms with E-state index in [2.05, 4.69) is 10.0 Å². The van der Waals surface area contributed by atoms with Crippen LogP contribution in [0.2, 0.25) is 0 Å². The SMILES string of the molecule is CCOc1ccccc1NS(=O)(=O)c1ccc(C(=O)Nc2ccccc2)cc1. The number of carbonyl (C=O) groups excluding carboxylic acids is 1. The molecule has 0 radical (unpaired) electrons. The van der Waals surface area contributed by atoms with Gasteiger partial charge in [-0.1, -0.05) is 30.3 Å². The minimum Gasteiger partial charge on any atom is -0.492 e. The highest BCUT2D eigenvalue weighted by atomic mass is 32.2. The van der Waals surface area contributed by atoms with E-state index >= 15 is 0 Å². The Balaban J connectivity index is 1.76. The van der Waals surface area contributed by atoms with Crippen LogP contribution in [0.1, 0.15) is 17.3 Å². The summed E-state index contributed by atoms with van der Waals surface area (Å²) < 4.78 is 33.3. The lowest BCUT2D eigenvalue weighted by Gasteiger charge is -2.13. The van der Waals surface area contributed by atoms with Crippen LogP contribution in [0.3, 0.4) is 0 Å². The molecule has 3 aromatic rings. The molecule has 7 heteroatoms. The molecule has 0 aromatic heterocycles. The maximum atomic E-state index is 12.7. The molecule has 2 N–H and O–H groups in total. The lowest BCUT2D eigenvalue weighted by atomic mass is 10.2. The standard InChI is InChI=1S/C21H20N2O4S/c1-2-27-20-11-7-6-10-19(20)23-28(25,26)18-14-12-16(13-15-18)21(24)22-17-8-4-3-5-9-17/h3-15,23H,2H2,1H3,(H,22,24). The number of sulfonamides is 1. The minimum absolute atomic E-state index is 0.0510. The van der Waals surface area contributed by atoms with Crippen LogP contribution in [0, 0.1) is 0 Å². The number of nitrogens with one attached hydrogen (secondary N) is 2. The molecule has 0 aliphatic rings. The number of hydrogen-bond acceptors (Lipinski definition) is 4. The second-order valence-corrected chi connectivity index (χ2v) is 7.56. The van der Waals surface area contributed by atoms with Gasteiger partial charge in [-0.05, 0) is 55.5 Å². The van der Waals surface area contributed by atoms with E-state index in [-0.39, 0.29) is 10.8 Å². The molecule has 28 heavy (non-hydrogen) atoms. The predicted octanol–water partition coefficient (Wildman–Crippen LogP) is 4.14. The van der Waals surface area contributed by atoms with Gasteiger partial charge in [0.1, 0.15) is 5.75 Å². The van der Waals surface area contributed by atoms with Crippen LogP contribution in [-0.2, 0) is 10.0 Å². The van der Waals surface area contributed by atoms with Gasteiger partial charge in [-0.2, -0.15) is 0 Å². The molecule has 0 heterocycles.